The summed E-state index contributed by atoms with van der Waals surface area (Å²) in [4.78, 5) is 37.0. The zero-order chi connectivity index (χ0) is 18.3. The molecule has 0 saturated carbocycles. The summed E-state index contributed by atoms with van der Waals surface area (Å²) in [7, 11) is 0. The van der Waals surface area contributed by atoms with E-state index in [1.807, 2.05) is 0 Å². The fourth-order valence-electron chi connectivity index (χ4n) is 3.28. The molecule has 2 aromatic rings. The normalized spacial score (nSPS) is 17.2. The van der Waals surface area contributed by atoms with Gasteiger partial charge >= 0.3 is 5.63 Å². The number of carboxylic acids is 1. The highest BCUT2D eigenvalue weighted by molar-refractivity contribution is 5.90. The Labute approximate surface area is 141 Å². The van der Waals surface area contributed by atoms with Crippen molar-refractivity contribution in [3.63, 3.8) is 0 Å². The predicted molar refractivity (Wildman–Crippen MR) is 84.0 cm³/mol. The van der Waals surface area contributed by atoms with Crippen molar-refractivity contribution in [2.45, 2.75) is 32.2 Å². The maximum atomic E-state index is 12.5. The van der Waals surface area contributed by atoms with Crippen LogP contribution in [0.4, 0.5) is 0 Å². The van der Waals surface area contributed by atoms with Gasteiger partial charge in [-0.3, -0.25) is 4.79 Å². The van der Waals surface area contributed by atoms with E-state index < -0.39 is 23.5 Å². The molecule has 0 unspecified atom stereocenters. The highest BCUT2D eigenvalue weighted by Crippen LogP contribution is 2.32. The lowest BCUT2D eigenvalue weighted by Crippen LogP contribution is -2.47. The van der Waals surface area contributed by atoms with E-state index in [1.54, 1.807) is 6.92 Å². The number of aryl methyl sites for hydroxylation is 1. The monoisotopic (exact) mass is 346 g/mol. The second kappa shape index (κ2) is 6.12. The van der Waals surface area contributed by atoms with E-state index in [0.717, 1.165) is 6.07 Å². The maximum absolute atomic E-state index is 12.5. The Hall–Kier alpha value is -3.03. The van der Waals surface area contributed by atoms with E-state index >= 15 is 0 Å². The van der Waals surface area contributed by atoms with Gasteiger partial charge in [0.05, 0.1) is 29.4 Å². The second-order valence-corrected chi connectivity index (χ2v) is 6.07. The summed E-state index contributed by atoms with van der Waals surface area (Å²) in [5.41, 5.74) is -0.374. The molecule has 1 aromatic heterocycles. The van der Waals surface area contributed by atoms with Crippen molar-refractivity contribution in [1.82, 2.24) is 4.90 Å². The number of rotatable bonds is 3. The average molecular weight is 346 g/mol. The van der Waals surface area contributed by atoms with Crippen LogP contribution in [0.2, 0.25) is 0 Å². The smallest absolute Gasteiger partial charge is 0.340 e. The van der Waals surface area contributed by atoms with Gasteiger partial charge in [0.25, 0.3) is 0 Å². The number of phenols is 2. The highest BCUT2D eigenvalue weighted by atomic mass is 16.4. The summed E-state index contributed by atoms with van der Waals surface area (Å²) in [5, 5.41) is 30.8. The van der Waals surface area contributed by atoms with Gasteiger partial charge in [-0.2, -0.15) is 0 Å². The van der Waals surface area contributed by atoms with Crippen LogP contribution in [-0.4, -0.2) is 39.6 Å². The van der Waals surface area contributed by atoms with Crippen LogP contribution in [-0.2, 0) is 16.0 Å². The van der Waals surface area contributed by atoms with Gasteiger partial charge in [-0.05, 0) is 25.3 Å². The van der Waals surface area contributed by atoms with Crippen LogP contribution in [0, 0.1) is 6.92 Å². The molecule has 0 aliphatic carbocycles. The number of hydrogen-bond donors (Lipinski definition) is 2. The number of phenolic OH excluding ortho intramolecular Hbond substituents is 2. The standard InChI is InChI=1S/C17H17NO7/c1-8-10(7-14(21)18-4-2-3-11(18)16(22)23)17(24)25-13-6-9(19)5-12(20)15(8)13/h5-6,11,19-20H,2-4,7H2,1H3,(H,22,23)/p-1/t11-/m1/s1. The van der Waals surface area contributed by atoms with Crippen molar-refractivity contribution in [2.24, 2.45) is 0 Å². The zero-order valence-electron chi connectivity index (χ0n) is 13.4. The summed E-state index contributed by atoms with van der Waals surface area (Å²) < 4.78 is 5.10. The van der Waals surface area contributed by atoms with E-state index in [-0.39, 0.29) is 41.0 Å². The van der Waals surface area contributed by atoms with Crippen molar-refractivity contribution in [1.29, 1.82) is 0 Å². The lowest BCUT2D eigenvalue weighted by atomic mass is 10.0. The number of likely N-dealkylation sites (tertiary alicyclic amines) is 1. The molecule has 1 fully saturated rings. The highest BCUT2D eigenvalue weighted by Gasteiger charge is 2.30. The zero-order valence-corrected chi connectivity index (χ0v) is 13.4. The third-order valence-corrected chi connectivity index (χ3v) is 4.52. The Morgan fingerprint density at radius 3 is 2.76 bits per heavy atom. The van der Waals surface area contributed by atoms with Crippen molar-refractivity contribution in [2.75, 3.05) is 6.54 Å². The van der Waals surface area contributed by atoms with Crippen molar-refractivity contribution >= 4 is 22.8 Å². The number of benzene rings is 1. The Balaban J connectivity index is 2.00. The van der Waals surface area contributed by atoms with Gasteiger partial charge in [0.2, 0.25) is 5.91 Å². The van der Waals surface area contributed by atoms with Crippen LogP contribution in [0.5, 0.6) is 11.5 Å². The van der Waals surface area contributed by atoms with E-state index in [0.29, 0.717) is 18.4 Å². The number of carboxylic acid groups (broad SMARTS) is 1. The van der Waals surface area contributed by atoms with Crippen LogP contribution in [0.15, 0.2) is 21.3 Å². The van der Waals surface area contributed by atoms with E-state index in [9.17, 15) is 29.7 Å². The Kier molecular flexibility index (Phi) is 4.12. The molecular formula is C17H16NO7-. The van der Waals surface area contributed by atoms with Gasteiger partial charge in [0.15, 0.2) is 0 Å². The largest absolute Gasteiger partial charge is 0.548 e. The van der Waals surface area contributed by atoms with Crippen LogP contribution in [0.25, 0.3) is 11.0 Å². The first-order valence-electron chi connectivity index (χ1n) is 7.78. The number of aliphatic carboxylic acids is 1. The molecule has 25 heavy (non-hydrogen) atoms. The second-order valence-electron chi connectivity index (χ2n) is 6.07. The summed E-state index contributed by atoms with van der Waals surface area (Å²) in [6, 6.07) is 1.31. The SMILES string of the molecule is Cc1c(CC(=O)N2CCC[C@@H]2C(=O)[O-])c(=O)oc2cc(O)cc(O)c12. The molecule has 8 heteroatoms. The van der Waals surface area contributed by atoms with Crippen molar-refractivity contribution < 1.29 is 29.3 Å². The first-order chi connectivity index (χ1) is 11.8. The number of fused-ring (bicyclic) bond motifs is 1. The lowest BCUT2D eigenvalue weighted by Gasteiger charge is -2.25. The van der Waals surface area contributed by atoms with Gasteiger partial charge < -0.3 is 29.4 Å². The Morgan fingerprint density at radius 1 is 1.36 bits per heavy atom. The summed E-state index contributed by atoms with van der Waals surface area (Å²) in [6.45, 7) is 1.84. The van der Waals surface area contributed by atoms with E-state index in [2.05, 4.69) is 0 Å². The van der Waals surface area contributed by atoms with Crippen LogP contribution >= 0.6 is 0 Å². The summed E-state index contributed by atoms with van der Waals surface area (Å²) in [5.74, 6) is -2.37. The maximum Gasteiger partial charge on any atom is 0.340 e. The van der Waals surface area contributed by atoms with Crippen LogP contribution in [0.3, 0.4) is 0 Å². The van der Waals surface area contributed by atoms with Gasteiger partial charge in [0.1, 0.15) is 17.1 Å². The van der Waals surface area contributed by atoms with E-state index in [1.165, 1.54) is 11.0 Å². The number of hydrogen-bond acceptors (Lipinski definition) is 7. The Morgan fingerprint density at radius 2 is 2.08 bits per heavy atom. The average Bonchev–Trinajstić information content (AvgIpc) is 3.00. The van der Waals surface area contributed by atoms with Gasteiger partial charge in [-0.15, -0.1) is 0 Å². The molecule has 1 aliphatic rings. The third kappa shape index (κ3) is 2.90. The van der Waals surface area contributed by atoms with Crippen molar-refractivity contribution in [3.8, 4) is 11.5 Å². The molecule has 1 atom stereocenters. The van der Waals surface area contributed by atoms with Crippen molar-refractivity contribution in [3.05, 3.63) is 33.7 Å². The molecule has 1 saturated heterocycles. The molecule has 0 bridgehead atoms. The molecule has 2 N–H and O–H groups in total. The summed E-state index contributed by atoms with van der Waals surface area (Å²) >= 11 is 0. The Bertz CT molecular complexity index is 931. The lowest BCUT2D eigenvalue weighted by molar-refractivity contribution is -0.310. The molecule has 3 rings (SSSR count). The van der Waals surface area contributed by atoms with Gasteiger partial charge in [0, 0.05) is 18.7 Å². The molecule has 1 aliphatic heterocycles. The fourth-order valence-corrected chi connectivity index (χ4v) is 3.28. The molecule has 0 radical (unpaired) electrons. The topological polar surface area (TPSA) is 131 Å². The fraction of sp³-hybridized carbons (Fsp3) is 0.353. The number of carbonyl (C=O) groups excluding carboxylic acids is 2. The molecule has 1 aromatic carbocycles. The quantitative estimate of drug-likeness (QED) is 0.736. The molecule has 1 amide bonds. The van der Waals surface area contributed by atoms with E-state index in [4.69, 9.17) is 4.42 Å². The number of amides is 1. The minimum Gasteiger partial charge on any atom is -0.548 e. The predicted octanol–water partition coefficient (Wildman–Crippen LogP) is -0.204. The molecular weight excluding hydrogens is 330 g/mol. The van der Waals surface area contributed by atoms with Gasteiger partial charge in [-0.25, -0.2) is 4.79 Å². The molecule has 8 nitrogen and oxygen atoms in total. The minimum atomic E-state index is -1.32. The van der Waals surface area contributed by atoms with Gasteiger partial charge in [-0.1, -0.05) is 0 Å². The number of nitrogens with zero attached hydrogens (tertiary/aromatic N) is 1. The van der Waals surface area contributed by atoms with Crippen LogP contribution < -0.4 is 10.7 Å². The number of aromatic hydroxyl groups is 2. The molecule has 0 spiro atoms. The first-order valence-corrected chi connectivity index (χ1v) is 7.78. The molecule has 132 valence electrons. The third-order valence-electron chi connectivity index (χ3n) is 4.52. The minimum absolute atomic E-state index is 0.00461. The van der Waals surface area contributed by atoms with Crippen LogP contribution in [0.1, 0.15) is 24.0 Å². The first kappa shape index (κ1) is 16.8. The molecule has 2 heterocycles. The number of carbonyl (C=O) groups is 2. The summed E-state index contributed by atoms with van der Waals surface area (Å²) in [6.07, 6.45) is 0.531.